The molecule has 0 heterocycles. The molecular weight excluding hydrogens is 104 g/mol. The molecule has 0 radical (unpaired) electrons. The van der Waals surface area contributed by atoms with Crippen LogP contribution in [0, 0.1) is 0 Å². The summed E-state index contributed by atoms with van der Waals surface area (Å²) in [5, 5.41) is 0. The van der Waals surface area contributed by atoms with Crippen LogP contribution in [0.5, 0.6) is 0 Å². The molecule has 0 aliphatic carbocycles. The van der Waals surface area contributed by atoms with Gasteiger partial charge in [-0.3, -0.25) is 0 Å². The molecule has 0 aliphatic rings. The predicted octanol–water partition coefficient (Wildman–Crippen LogP) is 0.250. The Hall–Kier alpha value is -0.0831. The lowest BCUT2D eigenvalue weighted by atomic mass is 10.3. The Morgan fingerprint density at radius 1 is 1.71 bits per heavy atom. The Kier molecular flexibility index (Phi) is 5.85. The van der Waals surface area contributed by atoms with Crippen LogP contribution >= 0.6 is 0 Å². The summed E-state index contributed by atoms with van der Waals surface area (Å²) in [6.07, 6.45) is 4.13. The molecule has 0 fully saturated rings. The van der Waals surface area contributed by atoms with Gasteiger partial charge in [0, 0.05) is 6.61 Å². The highest BCUT2D eigenvalue weighted by Gasteiger charge is 1.76. The first-order valence-corrected chi connectivity index (χ1v) is 3.33. The topological polar surface area (TPSA) is 9.23 Å². The first kappa shape index (κ1) is 6.92. The van der Waals surface area contributed by atoms with E-state index in [0.717, 1.165) is 29.9 Å². The maximum Gasteiger partial charge on any atom is 0.145 e. The van der Waals surface area contributed by atoms with Gasteiger partial charge in [-0.2, -0.15) is 0 Å². The van der Waals surface area contributed by atoms with Crippen molar-refractivity contribution in [3.8, 4) is 0 Å². The molecule has 0 rings (SSSR count). The first-order valence-electron chi connectivity index (χ1n) is 2.51. The summed E-state index contributed by atoms with van der Waals surface area (Å²) in [7, 11) is 0.872. The third kappa shape index (κ3) is 5.92. The van der Waals surface area contributed by atoms with E-state index in [9.17, 15) is 0 Å². The van der Waals surface area contributed by atoms with E-state index in [1.807, 2.05) is 6.08 Å². The van der Waals surface area contributed by atoms with E-state index in [0.29, 0.717) is 0 Å². The van der Waals surface area contributed by atoms with E-state index in [1.54, 1.807) is 0 Å². The van der Waals surface area contributed by atoms with E-state index in [1.165, 1.54) is 0 Å². The molecule has 0 spiro atoms. The van der Waals surface area contributed by atoms with E-state index in [4.69, 9.17) is 4.43 Å². The van der Waals surface area contributed by atoms with Crippen molar-refractivity contribution in [1.29, 1.82) is 0 Å². The Balaban J connectivity index is 2.56. The van der Waals surface area contributed by atoms with Crippen LogP contribution < -0.4 is 0 Å². The second-order valence-corrected chi connectivity index (χ2v) is 2.00. The average Bonchev–Trinajstić information content (AvgIpc) is 1.69. The second-order valence-electron chi connectivity index (χ2n) is 1.42. The molecule has 0 aliphatic heterocycles. The standard InChI is InChI=1S/C5H12OSi/c1-2-3-4-5-6-7/h2H,1,3-5H2,7H3. The highest BCUT2D eigenvalue weighted by atomic mass is 28.2. The maximum atomic E-state index is 4.94. The fourth-order valence-electron chi connectivity index (χ4n) is 0.372. The van der Waals surface area contributed by atoms with Gasteiger partial charge in [-0.25, -0.2) is 0 Å². The Morgan fingerprint density at radius 2 is 2.43 bits per heavy atom. The molecule has 0 amide bonds. The molecule has 0 unspecified atom stereocenters. The Labute approximate surface area is 47.9 Å². The fraction of sp³-hybridized carbons (Fsp3) is 0.600. The lowest BCUT2D eigenvalue weighted by molar-refractivity contribution is 0.343. The molecule has 0 atom stereocenters. The monoisotopic (exact) mass is 116 g/mol. The van der Waals surface area contributed by atoms with Crippen LogP contribution in [0.2, 0.25) is 0 Å². The molecule has 0 aromatic carbocycles. The van der Waals surface area contributed by atoms with Gasteiger partial charge in [-0.15, -0.1) is 6.58 Å². The van der Waals surface area contributed by atoms with E-state index < -0.39 is 0 Å². The van der Waals surface area contributed by atoms with Gasteiger partial charge in [0.2, 0.25) is 0 Å². The predicted molar refractivity (Wildman–Crippen MR) is 35.3 cm³/mol. The zero-order chi connectivity index (χ0) is 5.54. The van der Waals surface area contributed by atoms with Crippen LogP contribution in [-0.2, 0) is 4.43 Å². The summed E-state index contributed by atoms with van der Waals surface area (Å²) in [5.74, 6) is 0. The minimum Gasteiger partial charge on any atom is -0.428 e. The van der Waals surface area contributed by atoms with Gasteiger partial charge in [-0.1, -0.05) is 6.08 Å². The molecule has 2 heteroatoms. The SMILES string of the molecule is C=CCCCO[SiH3]. The third-order valence-corrected chi connectivity index (χ3v) is 1.16. The minimum absolute atomic E-state index is 0.872. The Morgan fingerprint density at radius 3 is 2.86 bits per heavy atom. The van der Waals surface area contributed by atoms with Crippen molar-refractivity contribution in [1.82, 2.24) is 0 Å². The van der Waals surface area contributed by atoms with Gasteiger partial charge >= 0.3 is 0 Å². The van der Waals surface area contributed by atoms with Gasteiger partial charge in [0.05, 0.1) is 0 Å². The molecule has 0 N–H and O–H groups in total. The summed E-state index contributed by atoms with van der Waals surface area (Å²) in [4.78, 5) is 0. The third-order valence-electron chi connectivity index (χ3n) is 0.757. The molecule has 0 bridgehead atoms. The summed E-state index contributed by atoms with van der Waals surface area (Å²) in [6, 6.07) is 0. The molecule has 0 saturated carbocycles. The smallest absolute Gasteiger partial charge is 0.145 e. The van der Waals surface area contributed by atoms with Crippen molar-refractivity contribution in [2.75, 3.05) is 6.61 Å². The molecule has 1 nitrogen and oxygen atoms in total. The maximum absolute atomic E-state index is 4.94. The van der Waals surface area contributed by atoms with Gasteiger partial charge in [0.15, 0.2) is 0 Å². The number of rotatable bonds is 4. The van der Waals surface area contributed by atoms with E-state index in [-0.39, 0.29) is 0 Å². The van der Waals surface area contributed by atoms with Gasteiger partial charge in [0.1, 0.15) is 10.5 Å². The number of hydrogen-bond acceptors (Lipinski definition) is 1. The highest BCUT2D eigenvalue weighted by Crippen LogP contribution is 1.86. The molecular formula is C5H12OSi. The summed E-state index contributed by atoms with van der Waals surface area (Å²) in [5.41, 5.74) is 0. The molecule has 0 saturated heterocycles. The summed E-state index contributed by atoms with van der Waals surface area (Å²) < 4.78 is 4.94. The van der Waals surface area contributed by atoms with Crippen molar-refractivity contribution in [2.24, 2.45) is 0 Å². The van der Waals surface area contributed by atoms with Crippen molar-refractivity contribution in [3.05, 3.63) is 12.7 Å². The average molecular weight is 116 g/mol. The fourth-order valence-corrected chi connectivity index (χ4v) is 0.661. The van der Waals surface area contributed by atoms with Crippen LogP contribution in [0.3, 0.4) is 0 Å². The van der Waals surface area contributed by atoms with Crippen molar-refractivity contribution in [2.45, 2.75) is 12.8 Å². The lowest BCUT2D eigenvalue weighted by Gasteiger charge is -1.91. The second kappa shape index (κ2) is 5.92. The molecule has 0 aromatic heterocycles. The summed E-state index contributed by atoms with van der Waals surface area (Å²) >= 11 is 0. The molecule has 7 heavy (non-hydrogen) atoms. The number of unbranched alkanes of at least 4 members (excludes halogenated alkanes) is 1. The van der Waals surface area contributed by atoms with Crippen LogP contribution in [0.15, 0.2) is 12.7 Å². The zero-order valence-corrected chi connectivity index (χ0v) is 6.81. The normalized spacial score (nSPS) is 9.14. The van der Waals surface area contributed by atoms with E-state index >= 15 is 0 Å². The number of allylic oxidation sites excluding steroid dienone is 1. The van der Waals surface area contributed by atoms with Crippen LogP contribution in [-0.4, -0.2) is 17.1 Å². The quantitative estimate of drug-likeness (QED) is 0.291. The van der Waals surface area contributed by atoms with Crippen LogP contribution in [0.1, 0.15) is 12.8 Å². The minimum atomic E-state index is 0.872. The molecule has 42 valence electrons. The first-order chi connectivity index (χ1) is 3.41. The van der Waals surface area contributed by atoms with Crippen molar-refractivity contribution < 1.29 is 4.43 Å². The van der Waals surface area contributed by atoms with Gasteiger partial charge in [-0.05, 0) is 12.8 Å². The summed E-state index contributed by atoms with van der Waals surface area (Å²) in [6.45, 7) is 4.50. The van der Waals surface area contributed by atoms with Crippen molar-refractivity contribution in [3.63, 3.8) is 0 Å². The van der Waals surface area contributed by atoms with Gasteiger partial charge < -0.3 is 4.43 Å². The van der Waals surface area contributed by atoms with Gasteiger partial charge in [0.25, 0.3) is 0 Å². The van der Waals surface area contributed by atoms with E-state index in [2.05, 4.69) is 6.58 Å². The zero-order valence-electron chi connectivity index (χ0n) is 4.81. The highest BCUT2D eigenvalue weighted by molar-refractivity contribution is 5.97. The van der Waals surface area contributed by atoms with Crippen LogP contribution in [0.25, 0.3) is 0 Å². The van der Waals surface area contributed by atoms with Crippen molar-refractivity contribution >= 4 is 10.5 Å². The Bertz CT molecular complexity index is 45.3. The number of hydrogen-bond donors (Lipinski definition) is 0. The lowest BCUT2D eigenvalue weighted by Crippen LogP contribution is -1.86. The largest absolute Gasteiger partial charge is 0.428 e. The van der Waals surface area contributed by atoms with Crippen LogP contribution in [0.4, 0.5) is 0 Å². The molecule has 0 aromatic rings.